The highest BCUT2D eigenvalue weighted by molar-refractivity contribution is 6.30. The maximum absolute atomic E-state index is 12.2. The van der Waals surface area contributed by atoms with Crippen molar-refractivity contribution in [1.82, 2.24) is 9.88 Å². The molecule has 1 amide bonds. The number of rotatable bonds is 1. The van der Waals surface area contributed by atoms with E-state index in [-0.39, 0.29) is 17.4 Å². The number of likely N-dealkylation sites (tertiary alicyclic amines) is 1. The van der Waals surface area contributed by atoms with Gasteiger partial charge in [0.25, 0.3) is 5.91 Å². The number of amides is 1. The SMILES string of the molecule is CC1(C)CN(C(=O)c2cc(Cl)c[nH]2)CCC1N. The first kappa shape index (κ1) is 12.5. The predicted octanol–water partition coefficient (Wildman–Crippen LogP) is 1.87. The zero-order valence-electron chi connectivity index (χ0n) is 10.2. The minimum absolute atomic E-state index is 0.00289. The van der Waals surface area contributed by atoms with Crippen LogP contribution in [0.1, 0.15) is 30.8 Å². The van der Waals surface area contributed by atoms with Crippen molar-refractivity contribution < 1.29 is 4.79 Å². The molecular weight excluding hydrogens is 238 g/mol. The minimum atomic E-state index is -0.0374. The van der Waals surface area contributed by atoms with Crippen LogP contribution in [0.25, 0.3) is 0 Å². The van der Waals surface area contributed by atoms with E-state index in [2.05, 4.69) is 18.8 Å². The normalized spacial score (nSPS) is 23.8. The van der Waals surface area contributed by atoms with Crippen molar-refractivity contribution in [3.63, 3.8) is 0 Å². The molecule has 5 heteroatoms. The number of carbonyl (C=O) groups is 1. The average molecular weight is 256 g/mol. The molecule has 1 fully saturated rings. The lowest BCUT2D eigenvalue weighted by molar-refractivity contribution is 0.0528. The number of aromatic amines is 1. The fourth-order valence-corrected chi connectivity index (χ4v) is 2.37. The Bertz CT molecular complexity index is 427. The molecule has 0 saturated carbocycles. The van der Waals surface area contributed by atoms with Crippen LogP contribution in [0.5, 0.6) is 0 Å². The summed E-state index contributed by atoms with van der Waals surface area (Å²) in [6, 6.07) is 1.81. The number of hydrogen-bond donors (Lipinski definition) is 2. The summed E-state index contributed by atoms with van der Waals surface area (Å²) in [6.45, 7) is 5.58. The van der Waals surface area contributed by atoms with Crippen LogP contribution in [0.2, 0.25) is 5.02 Å². The van der Waals surface area contributed by atoms with Crippen molar-refractivity contribution in [2.24, 2.45) is 11.1 Å². The maximum atomic E-state index is 12.2. The maximum Gasteiger partial charge on any atom is 0.270 e. The molecule has 2 rings (SSSR count). The van der Waals surface area contributed by atoms with Gasteiger partial charge in [-0.05, 0) is 17.9 Å². The molecule has 1 aliphatic heterocycles. The largest absolute Gasteiger partial charge is 0.356 e. The van der Waals surface area contributed by atoms with Crippen LogP contribution in [0, 0.1) is 5.41 Å². The van der Waals surface area contributed by atoms with E-state index in [9.17, 15) is 4.79 Å². The van der Waals surface area contributed by atoms with Crippen LogP contribution in [0.3, 0.4) is 0 Å². The molecule has 94 valence electrons. The molecule has 0 aromatic carbocycles. The van der Waals surface area contributed by atoms with Crippen LogP contribution < -0.4 is 5.73 Å². The van der Waals surface area contributed by atoms with Gasteiger partial charge in [-0.15, -0.1) is 0 Å². The molecule has 1 saturated heterocycles. The predicted molar refractivity (Wildman–Crippen MR) is 68.1 cm³/mol. The van der Waals surface area contributed by atoms with E-state index in [4.69, 9.17) is 17.3 Å². The average Bonchev–Trinajstić information content (AvgIpc) is 2.68. The summed E-state index contributed by atoms with van der Waals surface area (Å²) in [4.78, 5) is 16.9. The third kappa shape index (κ3) is 2.48. The molecule has 0 aliphatic carbocycles. The van der Waals surface area contributed by atoms with Crippen LogP contribution in [-0.2, 0) is 0 Å². The highest BCUT2D eigenvalue weighted by Crippen LogP contribution is 2.28. The first-order valence-corrected chi connectivity index (χ1v) is 6.17. The van der Waals surface area contributed by atoms with Gasteiger partial charge in [-0.3, -0.25) is 4.79 Å². The number of nitrogens with two attached hydrogens (primary N) is 1. The number of hydrogen-bond acceptors (Lipinski definition) is 2. The third-order valence-corrected chi connectivity index (χ3v) is 3.70. The van der Waals surface area contributed by atoms with Crippen molar-refractivity contribution >= 4 is 17.5 Å². The van der Waals surface area contributed by atoms with Crippen molar-refractivity contribution in [2.75, 3.05) is 13.1 Å². The first-order valence-electron chi connectivity index (χ1n) is 5.79. The number of aromatic nitrogens is 1. The Balaban J connectivity index is 2.11. The van der Waals surface area contributed by atoms with Crippen LogP contribution >= 0.6 is 11.6 Å². The summed E-state index contributed by atoms with van der Waals surface area (Å²) in [5.41, 5.74) is 6.56. The monoisotopic (exact) mass is 255 g/mol. The number of H-pyrrole nitrogens is 1. The molecular formula is C12H18ClN3O. The van der Waals surface area contributed by atoms with E-state index >= 15 is 0 Å². The molecule has 17 heavy (non-hydrogen) atoms. The molecule has 1 unspecified atom stereocenters. The fourth-order valence-electron chi connectivity index (χ4n) is 2.21. The number of halogens is 1. The second-order valence-corrected chi connectivity index (χ2v) is 5.78. The Morgan fingerprint density at radius 2 is 2.35 bits per heavy atom. The van der Waals surface area contributed by atoms with E-state index in [1.54, 1.807) is 12.3 Å². The molecule has 1 aromatic rings. The number of nitrogens with one attached hydrogen (secondary N) is 1. The second kappa shape index (κ2) is 4.35. The quantitative estimate of drug-likeness (QED) is 0.805. The number of carbonyl (C=O) groups excluding carboxylic acids is 1. The van der Waals surface area contributed by atoms with E-state index in [0.29, 0.717) is 23.8 Å². The van der Waals surface area contributed by atoms with Crippen molar-refractivity contribution in [3.05, 3.63) is 23.0 Å². The molecule has 1 aliphatic rings. The van der Waals surface area contributed by atoms with Crippen molar-refractivity contribution in [1.29, 1.82) is 0 Å². The molecule has 1 atom stereocenters. The van der Waals surface area contributed by atoms with Gasteiger partial charge in [-0.2, -0.15) is 0 Å². The Morgan fingerprint density at radius 3 is 2.88 bits per heavy atom. The zero-order chi connectivity index (χ0) is 12.6. The minimum Gasteiger partial charge on any atom is -0.356 e. The van der Waals surface area contributed by atoms with Crippen LogP contribution in [0.15, 0.2) is 12.3 Å². The molecule has 1 aromatic heterocycles. The van der Waals surface area contributed by atoms with Gasteiger partial charge >= 0.3 is 0 Å². The lowest BCUT2D eigenvalue weighted by Crippen LogP contribution is -2.54. The summed E-state index contributed by atoms with van der Waals surface area (Å²) in [6.07, 6.45) is 2.46. The van der Waals surface area contributed by atoms with Gasteiger partial charge in [0, 0.05) is 25.3 Å². The molecule has 2 heterocycles. The molecule has 4 nitrogen and oxygen atoms in total. The van der Waals surface area contributed by atoms with E-state index < -0.39 is 0 Å². The highest BCUT2D eigenvalue weighted by Gasteiger charge is 2.35. The van der Waals surface area contributed by atoms with E-state index in [1.807, 2.05) is 4.90 Å². The van der Waals surface area contributed by atoms with Crippen LogP contribution in [-0.4, -0.2) is 34.9 Å². The Labute approximate surface area is 106 Å². The Morgan fingerprint density at radius 1 is 1.65 bits per heavy atom. The molecule has 0 radical (unpaired) electrons. The highest BCUT2D eigenvalue weighted by atomic mass is 35.5. The fraction of sp³-hybridized carbons (Fsp3) is 0.583. The van der Waals surface area contributed by atoms with Gasteiger partial charge in [0.2, 0.25) is 0 Å². The summed E-state index contributed by atoms with van der Waals surface area (Å²) < 4.78 is 0. The lowest BCUT2D eigenvalue weighted by Gasteiger charge is -2.42. The zero-order valence-corrected chi connectivity index (χ0v) is 10.9. The Hall–Kier alpha value is -1.00. The summed E-state index contributed by atoms with van der Waals surface area (Å²) >= 11 is 5.80. The Kier molecular flexibility index (Phi) is 3.19. The standard InChI is InChI=1S/C12H18ClN3O/c1-12(2)7-16(4-3-10(12)14)11(17)9-5-8(13)6-15-9/h5-6,10,15H,3-4,7,14H2,1-2H3. The van der Waals surface area contributed by atoms with E-state index in [0.717, 1.165) is 6.42 Å². The van der Waals surface area contributed by atoms with Gasteiger partial charge < -0.3 is 15.6 Å². The van der Waals surface area contributed by atoms with Gasteiger partial charge in [0.15, 0.2) is 0 Å². The van der Waals surface area contributed by atoms with Crippen LogP contribution in [0.4, 0.5) is 0 Å². The smallest absolute Gasteiger partial charge is 0.270 e. The third-order valence-electron chi connectivity index (χ3n) is 3.48. The topological polar surface area (TPSA) is 62.1 Å². The number of nitrogens with zero attached hydrogens (tertiary/aromatic N) is 1. The van der Waals surface area contributed by atoms with E-state index in [1.165, 1.54) is 0 Å². The molecule has 0 spiro atoms. The lowest BCUT2D eigenvalue weighted by atomic mass is 9.79. The second-order valence-electron chi connectivity index (χ2n) is 5.34. The van der Waals surface area contributed by atoms with Crippen molar-refractivity contribution in [2.45, 2.75) is 26.3 Å². The number of piperidine rings is 1. The van der Waals surface area contributed by atoms with Crippen molar-refractivity contribution in [3.8, 4) is 0 Å². The van der Waals surface area contributed by atoms with Gasteiger partial charge in [0.05, 0.1) is 5.02 Å². The first-order chi connectivity index (χ1) is 7.90. The van der Waals surface area contributed by atoms with Gasteiger partial charge in [-0.25, -0.2) is 0 Å². The summed E-state index contributed by atoms with van der Waals surface area (Å²) in [7, 11) is 0. The molecule has 3 N–H and O–H groups in total. The van der Waals surface area contributed by atoms with Gasteiger partial charge in [-0.1, -0.05) is 25.4 Å². The summed E-state index contributed by atoms with van der Waals surface area (Å²) in [5, 5.41) is 0.557. The summed E-state index contributed by atoms with van der Waals surface area (Å²) in [5.74, 6) is -0.00289. The van der Waals surface area contributed by atoms with Gasteiger partial charge in [0.1, 0.15) is 5.69 Å². The molecule has 0 bridgehead atoms.